The molecule has 1 fully saturated rings. The monoisotopic (exact) mass is 506 g/mol. The van der Waals surface area contributed by atoms with Crippen LogP contribution in [0.4, 0.5) is 5.69 Å². The van der Waals surface area contributed by atoms with E-state index in [9.17, 15) is 13.2 Å². The molecule has 2 heterocycles. The van der Waals surface area contributed by atoms with Crippen molar-refractivity contribution in [1.82, 2.24) is 10.6 Å². The molecule has 3 rings (SSSR count). The number of amides is 1. The van der Waals surface area contributed by atoms with Crippen molar-refractivity contribution in [3.05, 3.63) is 29.8 Å². The summed E-state index contributed by atoms with van der Waals surface area (Å²) < 4.78 is 23.2. The number of aliphatic imine (C=N–C) groups is 1. The highest BCUT2D eigenvalue weighted by molar-refractivity contribution is 14.0. The number of carbonyl (C=O) groups excluding carboxylic acids is 1. The molecular formula is C18H27IN4O3S. The minimum atomic E-state index is -2.96. The average molecular weight is 506 g/mol. The topological polar surface area (TPSA) is 90.9 Å². The van der Waals surface area contributed by atoms with Gasteiger partial charge in [-0.15, -0.1) is 24.0 Å². The van der Waals surface area contributed by atoms with Crippen molar-refractivity contribution in [3.8, 4) is 0 Å². The number of hydrogen-bond donors (Lipinski definition) is 2. The molecule has 1 saturated heterocycles. The number of benzene rings is 1. The lowest BCUT2D eigenvalue weighted by Crippen LogP contribution is -2.45. The number of para-hydroxylation sites is 1. The molecule has 1 atom stereocenters. The van der Waals surface area contributed by atoms with Crippen molar-refractivity contribution in [3.63, 3.8) is 0 Å². The summed E-state index contributed by atoms with van der Waals surface area (Å²) in [5.74, 6) is 0.764. The SMILES string of the molecule is CCNC(=NCC(=O)N1CCCc2ccccc21)NC1CCS(=O)(=O)C1.I. The van der Waals surface area contributed by atoms with Crippen LogP contribution in [-0.2, 0) is 21.1 Å². The number of aryl methyl sites for hydroxylation is 1. The number of halogens is 1. The van der Waals surface area contributed by atoms with Gasteiger partial charge in [0.1, 0.15) is 6.54 Å². The Balaban J connectivity index is 0.00000261. The van der Waals surface area contributed by atoms with Gasteiger partial charge in [-0.2, -0.15) is 0 Å². The summed E-state index contributed by atoms with van der Waals surface area (Å²) in [6.07, 6.45) is 2.51. The molecule has 2 aliphatic heterocycles. The van der Waals surface area contributed by atoms with Crippen LogP contribution in [0.1, 0.15) is 25.3 Å². The third-order valence-corrected chi connectivity index (χ3v) is 6.47. The number of sulfone groups is 1. The zero-order valence-electron chi connectivity index (χ0n) is 15.5. The average Bonchev–Trinajstić information content (AvgIpc) is 2.97. The predicted octanol–water partition coefficient (Wildman–Crippen LogP) is 1.33. The van der Waals surface area contributed by atoms with E-state index in [2.05, 4.69) is 21.7 Å². The van der Waals surface area contributed by atoms with Crippen molar-refractivity contribution in [2.24, 2.45) is 4.99 Å². The zero-order chi connectivity index (χ0) is 18.6. The van der Waals surface area contributed by atoms with Crippen LogP contribution in [0.2, 0.25) is 0 Å². The summed E-state index contributed by atoms with van der Waals surface area (Å²) in [6, 6.07) is 7.82. The Labute approximate surface area is 177 Å². The van der Waals surface area contributed by atoms with Crippen molar-refractivity contribution in [1.29, 1.82) is 0 Å². The van der Waals surface area contributed by atoms with Crippen LogP contribution in [0.5, 0.6) is 0 Å². The van der Waals surface area contributed by atoms with Gasteiger partial charge < -0.3 is 15.5 Å². The van der Waals surface area contributed by atoms with E-state index >= 15 is 0 Å². The molecule has 150 valence electrons. The Hall–Kier alpha value is -1.36. The van der Waals surface area contributed by atoms with E-state index in [0.29, 0.717) is 25.5 Å². The molecule has 0 aromatic heterocycles. The van der Waals surface area contributed by atoms with Crippen LogP contribution in [-0.4, -0.2) is 57.5 Å². The maximum atomic E-state index is 12.7. The molecule has 1 aromatic rings. The van der Waals surface area contributed by atoms with Gasteiger partial charge in [0.25, 0.3) is 0 Å². The van der Waals surface area contributed by atoms with Crippen molar-refractivity contribution >= 4 is 51.4 Å². The fourth-order valence-electron chi connectivity index (χ4n) is 3.45. The number of nitrogens with one attached hydrogen (secondary N) is 2. The van der Waals surface area contributed by atoms with E-state index in [1.54, 1.807) is 4.90 Å². The standard InChI is InChI=1S/C18H26N4O3S.HI/c1-2-19-18(21-15-9-11-26(24,25)13-15)20-12-17(23)22-10-5-7-14-6-3-4-8-16(14)22;/h3-4,6,8,15H,2,5,7,9-13H2,1H3,(H2,19,20,21);1H. The van der Waals surface area contributed by atoms with E-state index in [1.165, 1.54) is 5.56 Å². The van der Waals surface area contributed by atoms with Crippen LogP contribution in [0, 0.1) is 0 Å². The molecule has 0 aliphatic carbocycles. The minimum absolute atomic E-state index is 0. The highest BCUT2D eigenvalue weighted by atomic mass is 127. The van der Waals surface area contributed by atoms with Crippen molar-refractivity contribution in [2.75, 3.05) is 36.0 Å². The van der Waals surface area contributed by atoms with Gasteiger partial charge in [-0.3, -0.25) is 4.79 Å². The Morgan fingerprint density at radius 3 is 2.81 bits per heavy atom. The van der Waals surface area contributed by atoms with Gasteiger partial charge in [0.05, 0.1) is 11.5 Å². The lowest BCUT2D eigenvalue weighted by Gasteiger charge is -2.29. The Kier molecular flexibility index (Phi) is 7.90. The summed E-state index contributed by atoms with van der Waals surface area (Å²) in [5, 5.41) is 6.23. The summed E-state index contributed by atoms with van der Waals surface area (Å²) in [6.45, 7) is 3.32. The molecule has 2 aliphatic rings. The number of fused-ring (bicyclic) bond motifs is 1. The number of anilines is 1. The number of nitrogens with zero attached hydrogens (tertiary/aromatic N) is 2. The van der Waals surface area contributed by atoms with Crippen LogP contribution in [0.25, 0.3) is 0 Å². The summed E-state index contributed by atoms with van der Waals surface area (Å²) >= 11 is 0. The van der Waals surface area contributed by atoms with Crippen molar-refractivity contribution < 1.29 is 13.2 Å². The first-order chi connectivity index (χ1) is 12.5. The van der Waals surface area contributed by atoms with Crippen LogP contribution in [0.15, 0.2) is 29.3 Å². The number of carbonyl (C=O) groups is 1. The smallest absolute Gasteiger partial charge is 0.248 e. The molecule has 7 nitrogen and oxygen atoms in total. The fourth-order valence-corrected chi connectivity index (χ4v) is 5.12. The normalized spacial score (nSPS) is 21.1. The van der Waals surface area contributed by atoms with Gasteiger partial charge in [0.15, 0.2) is 15.8 Å². The maximum Gasteiger partial charge on any atom is 0.248 e. The molecule has 0 spiro atoms. The summed E-state index contributed by atoms with van der Waals surface area (Å²) in [7, 11) is -2.96. The molecule has 2 N–H and O–H groups in total. The van der Waals surface area contributed by atoms with E-state index in [0.717, 1.165) is 18.5 Å². The molecule has 0 radical (unpaired) electrons. The van der Waals surface area contributed by atoms with Crippen molar-refractivity contribution in [2.45, 2.75) is 32.2 Å². The van der Waals surface area contributed by atoms with E-state index in [1.807, 2.05) is 25.1 Å². The highest BCUT2D eigenvalue weighted by Gasteiger charge is 2.28. The zero-order valence-corrected chi connectivity index (χ0v) is 18.6. The first-order valence-corrected chi connectivity index (χ1v) is 10.9. The third-order valence-electron chi connectivity index (χ3n) is 4.70. The van der Waals surface area contributed by atoms with Gasteiger partial charge in [0.2, 0.25) is 5.91 Å². The van der Waals surface area contributed by atoms with Gasteiger partial charge >= 0.3 is 0 Å². The molecule has 0 bridgehead atoms. The number of guanidine groups is 1. The Morgan fingerprint density at radius 1 is 1.33 bits per heavy atom. The quantitative estimate of drug-likeness (QED) is 0.366. The van der Waals surface area contributed by atoms with Gasteiger partial charge in [-0.1, -0.05) is 18.2 Å². The second kappa shape index (κ2) is 9.72. The molecule has 1 aromatic carbocycles. The second-order valence-corrected chi connectivity index (χ2v) is 8.95. The Morgan fingerprint density at radius 2 is 2.11 bits per heavy atom. The lowest BCUT2D eigenvalue weighted by molar-refractivity contribution is -0.117. The number of hydrogen-bond acceptors (Lipinski definition) is 4. The molecular weight excluding hydrogens is 479 g/mol. The highest BCUT2D eigenvalue weighted by Crippen LogP contribution is 2.26. The predicted molar refractivity (Wildman–Crippen MR) is 119 cm³/mol. The largest absolute Gasteiger partial charge is 0.357 e. The van der Waals surface area contributed by atoms with Crippen LogP contribution < -0.4 is 15.5 Å². The Bertz CT molecular complexity index is 798. The van der Waals surface area contributed by atoms with Gasteiger partial charge in [0, 0.05) is 24.8 Å². The molecule has 1 unspecified atom stereocenters. The maximum absolute atomic E-state index is 12.7. The molecule has 0 saturated carbocycles. The van der Waals surface area contributed by atoms with E-state index in [4.69, 9.17) is 0 Å². The summed E-state index contributed by atoms with van der Waals surface area (Å²) in [5.41, 5.74) is 2.16. The van der Waals surface area contributed by atoms with E-state index < -0.39 is 9.84 Å². The van der Waals surface area contributed by atoms with E-state index in [-0.39, 0.29) is 54.0 Å². The summed E-state index contributed by atoms with van der Waals surface area (Å²) in [4.78, 5) is 18.9. The molecule has 9 heteroatoms. The van der Waals surface area contributed by atoms with Gasteiger partial charge in [-0.25, -0.2) is 13.4 Å². The fraction of sp³-hybridized carbons (Fsp3) is 0.556. The van der Waals surface area contributed by atoms with Crippen LogP contribution >= 0.6 is 24.0 Å². The number of rotatable bonds is 4. The van der Waals surface area contributed by atoms with Gasteiger partial charge in [-0.05, 0) is 37.8 Å². The second-order valence-electron chi connectivity index (χ2n) is 6.72. The molecule has 1 amide bonds. The first-order valence-electron chi connectivity index (χ1n) is 9.12. The molecule has 27 heavy (non-hydrogen) atoms. The van der Waals surface area contributed by atoms with Crippen LogP contribution in [0.3, 0.4) is 0 Å². The lowest BCUT2D eigenvalue weighted by atomic mass is 10.0. The third kappa shape index (κ3) is 5.81. The first kappa shape index (κ1) is 21.9. The minimum Gasteiger partial charge on any atom is -0.357 e.